The lowest BCUT2D eigenvalue weighted by atomic mass is 10.1. The van der Waals surface area contributed by atoms with Gasteiger partial charge in [0.25, 0.3) is 0 Å². The SMILES string of the molecule is Cc1ccc(Cc2nnn(Cc3ccc(Br)cc3)n2)cc1. The van der Waals surface area contributed by atoms with Crippen LogP contribution in [0, 0.1) is 6.92 Å². The van der Waals surface area contributed by atoms with Crippen LogP contribution >= 0.6 is 15.9 Å². The predicted molar refractivity (Wildman–Crippen MR) is 85.0 cm³/mol. The minimum absolute atomic E-state index is 0.633. The molecule has 0 aliphatic carbocycles. The molecule has 0 bridgehead atoms. The molecule has 1 aromatic heterocycles. The average Bonchev–Trinajstić information content (AvgIpc) is 2.91. The average molecular weight is 343 g/mol. The van der Waals surface area contributed by atoms with E-state index < -0.39 is 0 Å². The smallest absolute Gasteiger partial charge is 0.160 e. The molecule has 3 rings (SSSR count). The minimum Gasteiger partial charge on any atom is -0.160 e. The third kappa shape index (κ3) is 3.76. The normalized spacial score (nSPS) is 10.8. The van der Waals surface area contributed by atoms with Gasteiger partial charge in [-0.1, -0.05) is 57.9 Å². The van der Waals surface area contributed by atoms with Crippen molar-refractivity contribution >= 4 is 15.9 Å². The first kappa shape index (κ1) is 13.9. The van der Waals surface area contributed by atoms with Crippen molar-refractivity contribution in [1.29, 1.82) is 0 Å². The van der Waals surface area contributed by atoms with Gasteiger partial charge in [-0.25, -0.2) is 0 Å². The van der Waals surface area contributed by atoms with Crippen LogP contribution in [-0.4, -0.2) is 20.2 Å². The van der Waals surface area contributed by atoms with Gasteiger partial charge in [-0.05, 0) is 35.4 Å². The van der Waals surface area contributed by atoms with E-state index in [9.17, 15) is 0 Å². The Morgan fingerprint density at radius 1 is 0.952 bits per heavy atom. The van der Waals surface area contributed by atoms with Gasteiger partial charge in [0.05, 0.1) is 6.54 Å². The van der Waals surface area contributed by atoms with Crippen LogP contribution in [0.2, 0.25) is 0 Å². The molecule has 1 heterocycles. The fourth-order valence-electron chi connectivity index (χ4n) is 2.06. The van der Waals surface area contributed by atoms with E-state index in [0.717, 1.165) is 15.9 Å². The molecule has 0 unspecified atom stereocenters. The molecule has 0 spiro atoms. The number of tetrazole rings is 1. The van der Waals surface area contributed by atoms with Crippen molar-refractivity contribution in [3.63, 3.8) is 0 Å². The molecule has 2 aromatic carbocycles. The van der Waals surface area contributed by atoms with Crippen LogP contribution in [0.1, 0.15) is 22.5 Å². The van der Waals surface area contributed by atoms with Gasteiger partial charge in [-0.15, -0.1) is 10.2 Å². The first-order valence-electron chi connectivity index (χ1n) is 6.76. The first-order chi connectivity index (χ1) is 10.2. The molecule has 0 fully saturated rings. The Morgan fingerprint density at radius 2 is 1.62 bits per heavy atom. The van der Waals surface area contributed by atoms with Crippen molar-refractivity contribution in [2.75, 3.05) is 0 Å². The number of aromatic nitrogens is 4. The van der Waals surface area contributed by atoms with Gasteiger partial charge in [0.2, 0.25) is 0 Å². The Labute approximate surface area is 131 Å². The summed E-state index contributed by atoms with van der Waals surface area (Å²) >= 11 is 3.43. The van der Waals surface area contributed by atoms with E-state index in [-0.39, 0.29) is 0 Å². The Balaban J connectivity index is 1.68. The summed E-state index contributed by atoms with van der Waals surface area (Å²) in [6.45, 7) is 2.71. The molecule has 0 radical (unpaired) electrons. The highest BCUT2D eigenvalue weighted by molar-refractivity contribution is 9.10. The quantitative estimate of drug-likeness (QED) is 0.729. The van der Waals surface area contributed by atoms with Crippen LogP contribution in [-0.2, 0) is 13.0 Å². The summed E-state index contributed by atoms with van der Waals surface area (Å²) in [5.41, 5.74) is 3.60. The molecule has 0 atom stereocenters. The summed E-state index contributed by atoms with van der Waals surface area (Å²) in [5, 5.41) is 12.7. The minimum atomic E-state index is 0.633. The summed E-state index contributed by atoms with van der Waals surface area (Å²) in [4.78, 5) is 1.63. The molecule has 0 amide bonds. The van der Waals surface area contributed by atoms with Gasteiger partial charge < -0.3 is 0 Å². The zero-order valence-electron chi connectivity index (χ0n) is 11.7. The third-order valence-electron chi connectivity index (χ3n) is 3.21. The number of nitrogens with zero attached hydrogens (tertiary/aromatic N) is 4. The molecule has 3 aromatic rings. The maximum atomic E-state index is 4.43. The van der Waals surface area contributed by atoms with Crippen molar-refractivity contribution in [1.82, 2.24) is 20.2 Å². The number of hydrogen-bond donors (Lipinski definition) is 0. The van der Waals surface area contributed by atoms with Gasteiger partial charge >= 0.3 is 0 Å². The maximum Gasteiger partial charge on any atom is 0.179 e. The lowest BCUT2D eigenvalue weighted by Crippen LogP contribution is -2.04. The molecular formula is C16H15BrN4. The van der Waals surface area contributed by atoms with E-state index >= 15 is 0 Å². The Bertz CT molecular complexity index is 655. The highest BCUT2D eigenvalue weighted by atomic mass is 79.9. The van der Waals surface area contributed by atoms with E-state index in [0.29, 0.717) is 13.0 Å². The van der Waals surface area contributed by atoms with Crippen molar-refractivity contribution in [2.45, 2.75) is 19.9 Å². The Morgan fingerprint density at radius 3 is 2.33 bits per heavy atom. The molecule has 0 aliphatic heterocycles. The van der Waals surface area contributed by atoms with E-state index in [1.54, 1.807) is 4.80 Å². The number of benzene rings is 2. The molecule has 4 nitrogen and oxygen atoms in total. The topological polar surface area (TPSA) is 43.6 Å². The fourth-order valence-corrected chi connectivity index (χ4v) is 2.32. The first-order valence-corrected chi connectivity index (χ1v) is 7.55. The lowest BCUT2D eigenvalue weighted by Gasteiger charge is -2.00. The van der Waals surface area contributed by atoms with Crippen LogP contribution < -0.4 is 0 Å². The highest BCUT2D eigenvalue weighted by Gasteiger charge is 2.05. The third-order valence-corrected chi connectivity index (χ3v) is 3.74. The van der Waals surface area contributed by atoms with Crippen LogP contribution in [0.3, 0.4) is 0 Å². The van der Waals surface area contributed by atoms with E-state index in [2.05, 4.69) is 62.5 Å². The largest absolute Gasteiger partial charge is 0.179 e. The highest BCUT2D eigenvalue weighted by Crippen LogP contribution is 2.11. The molecule has 106 valence electrons. The van der Waals surface area contributed by atoms with Crippen molar-refractivity contribution in [3.8, 4) is 0 Å². The molecule has 5 heteroatoms. The van der Waals surface area contributed by atoms with E-state index in [1.807, 2.05) is 24.3 Å². The summed E-state index contributed by atoms with van der Waals surface area (Å²) in [6, 6.07) is 16.5. The number of halogens is 1. The molecule has 0 aliphatic rings. The summed E-state index contributed by atoms with van der Waals surface area (Å²) in [7, 11) is 0. The maximum absolute atomic E-state index is 4.43. The second-order valence-electron chi connectivity index (χ2n) is 5.02. The van der Waals surface area contributed by atoms with Crippen LogP contribution in [0.4, 0.5) is 0 Å². The second kappa shape index (κ2) is 6.18. The van der Waals surface area contributed by atoms with Gasteiger partial charge in [-0.2, -0.15) is 4.80 Å². The van der Waals surface area contributed by atoms with E-state index in [1.165, 1.54) is 11.1 Å². The zero-order valence-corrected chi connectivity index (χ0v) is 13.3. The number of rotatable bonds is 4. The lowest BCUT2D eigenvalue weighted by molar-refractivity contribution is 0.570. The fraction of sp³-hybridized carbons (Fsp3) is 0.188. The van der Waals surface area contributed by atoms with Gasteiger partial charge in [0.1, 0.15) is 0 Å². The second-order valence-corrected chi connectivity index (χ2v) is 5.94. The molecule has 0 saturated carbocycles. The Kier molecular flexibility index (Phi) is 4.10. The summed E-state index contributed by atoms with van der Waals surface area (Å²) < 4.78 is 1.07. The summed E-state index contributed by atoms with van der Waals surface area (Å²) in [6.07, 6.45) is 0.709. The molecular weight excluding hydrogens is 328 g/mol. The van der Waals surface area contributed by atoms with Crippen molar-refractivity contribution in [2.24, 2.45) is 0 Å². The number of hydrogen-bond acceptors (Lipinski definition) is 3. The van der Waals surface area contributed by atoms with Gasteiger partial charge in [-0.3, -0.25) is 0 Å². The van der Waals surface area contributed by atoms with Gasteiger partial charge in [0.15, 0.2) is 5.82 Å². The molecule has 0 N–H and O–H groups in total. The van der Waals surface area contributed by atoms with Crippen molar-refractivity contribution < 1.29 is 0 Å². The van der Waals surface area contributed by atoms with Crippen LogP contribution in [0.25, 0.3) is 0 Å². The van der Waals surface area contributed by atoms with Crippen LogP contribution in [0.5, 0.6) is 0 Å². The van der Waals surface area contributed by atoms with Gasteiger partial charge in [0, 0.05) is 10.9 Å². The standard InChI is InChI=1S/C16H15BrN4/c1-12-2-4-13(5-3-12)10-16-18-20-21(19-16)11-14-6-8-15(17)9-7-14/h2-9H,10-11H2,1H3. The monoisotopic (exact) mass is 342 g/mol. The Hall–Kier alpha value is -2.01. The molecule has 0 saturated heterocycles. The summed E-state index contributed by atoms with van der Waals surface area (Å²) in [5.74, 6) is 0.746. The molecule has 21 heavy (non-hydrogen) atoms. The zero-order chi connectivity index (χ0) is 14.7. The van der Waals surface area contributed by atoms with E-state index in [4.69, 9.17) is 0 Å². The van der Waals surface area contributed by atoms with Crippen LogP contribution in [0.15, 0.2) is 53.0 Å². The van der Waals surface area contributed by atoms with Crippen molar-refractivity contribution in [3.05, 3.63) is 75.5 Å². The number of aryl methyl sites for hydroxylation is 1. The predicted octanol–water partition coefficient (Wildman–Crippen LogP) is 3.38.